The lowest BCUT2D eigenvalue weighted by Crippen LogP contribution is -2.03. The maximum atomic E-state index is 10.6. The number of carbonyl (C=O) groups excluding carboxylic acids is 1. The van der Waals surface area contributed by atoms with Crippen molar-refractivity contribution in [2.24, 2.45) is 0 Å². The van der Waals surface area contributed by atoms with E-state index in [4.69, 9.17) is 5.73 Å². The van der Waals surface area contributed by atoms with E-state index in [2.05, 4.69) is 9.97 Å². The highest BCUT2D eigenvalue weighted by molar-refractivity contribution is 5.82. The molecule has 1 aromatic heterocycles. The zero-order valence-electron chi connectivity index (χ0n) is 6.95. The highest BCUT2D eigenvalue weighted by atomic mass is 16.1. The Hall–Kier alpha value is -1.45. The van der Waals surface area contributed by atoms with Crippen LogP contribution < -0.4 is 5.73 Å². The van der Waals surface area contributed by atoms with E-state index in [1.54, 1.807) is 0 Å². The van der Waals surface area contributed by atoms with E-state index < -0.39 is 0 Å². The number of aromatic nitrogens is 2. The molecule has 0 radical (unpaired) electrons. The van der Waals surface area contributed by atoms with E-state index >= 15 is 0 Å². The standard InChI is InChI=1S/C8H11N3O/c1-2-3-7-6(4-12)8(9)11-5-10-7/h4-5H,2-3H2,1H3,(H2,9,10,11). The molecule has 0 aliphatic heterocycles. The second-order valence-electron chi connectivity index (χ2n) is 2.49. The molecule has 0 fully saturated rings. The van der Waals surface area contributed by atoms with E-state index in [1.165, 1.54) is 6.33 Å². The Morgan fingerprint density at radius 3 is 2.92 bits per heavy atom. The van der Waals surface area contributed by atoms with Crippen molar-refractivity contribution in [1.82, 2.24) is 9.97 Å². The van der Waals surface area contributed by atoms with Crippen LogP contribution in [0.25, 0.3) is 0 Å². The minimum absolute atomic E-state index is 0.267. The van der Waals surface area contributed by atoms with Gasteiger partial charge in [-0.2, -0.15) is 0 Å². The third-order valence-corrected chi connectivity index (χ3v) is 1.60. The van der Waals surface area contributed by atoms with Gasteiger partial charge in [-0.1, -0.05) is 13.3 Å². The number of aryl methyl sites for hydroxylation is 1. The molecule has 0 aromatic carbocycles. The molecule has 0 saturated heterocycles. The summed E-state index contributed by atoms with van der Waals surface area (Å²) in [4.78, 5) is 18.3. The summed E-state index contributed by atoms with van der Waals surface area (Å²) in [5.74, 6) is 0.267. The van der Waals surface area contributed by atoms with Gasteiger partial charge in [0.1, 0.15) is 12.1 Å². The molecule has 0 spiro atoms. The smallest absolute Gasteiger partial charge is 0.155 e. The number of hydrogen-bond acceptors (Lipinski definition) is 4. The van der Waals surface area contributed by atoms with Crippen LogP contribution in [0.5, 0.6) is 0 Å². The van der Waals surface area contributed by atoms with Crippen molar-refractivity contribution in [3.05, 3.63) is 17.6 Å². The molecule has 1 rings (SSSR count). The van der Waals surface area contributed by atoms with Crippen molar-refractivity contribution in [2.75, 3.05) is 5.73 Å². The third kappa shape index (κ3) is 1.58. The van der Waals surface area contributed by atoms with Crippen molar-refractivity contribution in [3.63, 3.8) is 0 Å². The van der Waals surface area contributed by atoms with Gasteiger partial charge < -0.3 is 5.73 Å². The lowest BCUT2D eigenvalue weighted by atomic mass is 10.1. The second kappa shape index (κ2) is 3.80. The molecule has 0 amide bonds. The zero-order valence-corrected chi connectivity index (χ0v) is 6.95. The normalized spacial score (nSPS) is 9.75. The first-order valence-electron chi connectivity index (χ1n) is 3.84. The molecule has 64 valence electrons. The molecule has 0 saturated carbocycles. The van der Waals surface area contributed by atoms with Crippen molar-refractivity contribution < 1.29 is 4.79 Å². The summed E-state index contributed by atoms with van der Waals surface area (Å²) in [7, 11) is 0. The number of aldehydes is 1. The van der Waals surface area contributed by atoms with Gasteiger partial charge in [0.25, 0.3) is 0 Å². The second-order valence-corrected chi connectivity index (χ2v) is 2.49. The number of nitrogen functional groups attached to an aromatic ring is 1. The van der Waals surface area contributed by atoms with Crippen LogP contribution in [0, 0.1) is 0 Å². The topological polar surface area (TPSA) is 68.9 Å². The van der Waals surface area contributed by atoms with Gasteiger partial charge in [-0.3, -0.25) is 4.79 Å². The molecule has 2 N–H and O–H groups in total. The van der Waals surface area contributed by atoms with Crippen LogP contribution in [-0.2, 0) is 6.42 Å². The first-order valence-corrected chi connectivity index (χ1v) is 3.84. The summed E-state index contributed by atoms with van der Waals surface area (Å²) in [5, 5.41) is 0. The predicted molar refractivity (Wildman–Crippen MR) is 45.8 cm³/mol. The number of hydrogen-bond donors (Lipinski definition) is 1. The van der Waals surface area contributed by atoms with Crippen molar-refractivity contribution >= 4 is 12.1 Å². The van der Waals surface area contributed by atoms with Crippen LogP contribution in [0.15, 0.2) is 6.33 Å². The number of anilines is 1. The SMILES string of the molecule is CCCc1ncnc(N)c1C=O. The minimum atomic E-state index is 0.267. The first-order chi connectivity index (χ1) is 5.79. The largest absolute Gasteiger partial charge is 0.383 e. The molecule has 0 atom stereocenters. The lowest BCUT2D eigenvalue weighted by Gasteiger charge is -2.02. The molecule has 4 nitrogen and oxygen atoms in total. The van der Waals surface area contributed by atoms with E-state index in [9.17, 15) is 4.79 Å². The monoisotopic (exact) mass is 165 g/mol. The highest BCUT2D eigenvalue weighted by Crippen LogP contribution is 2.10. The maximum absolute atomic E-state index is 10.6. The van der Waals surface area contributed by atoms with E-state index in [1.807, 2.05) is 6.92 Å². The van der Waals surface area contributed by atoms with Crippen LogP contribution in [0.4, 0.5) is 5.82 Å². The summed E-state index contributed by atoms with van der Waals surface area (Å²) in [5.41, 5.74) is 6.65. The summed E-state index contributed by atoms with van der Waals surface area (Å²) in [6, 6.07) is 0. The molecule has 0 aliphatic carbocycles. The van der Waals surface area contributed by atoms with Gasteiger partial charge in [-0.25, -0.2) is 9.97 Å². The molecule has 1 heterocycles. The molecule has 4 heteroatoms. The van der Waals surface area contributed by atoms with Crippen molar-refractivity contribution in [3.8, 4) is 0 Å². The fourth-order valence-electron chi connectivity index (χ4n) is 1.01. The van der Waals surface area contributed by atoms with E-state index in [-0.39, 0.29) is 5.82 Å². The van der Waals surface area contributed by atoms with Gasteiger partial charge in [0.15, 0.2) is 6.29 Å². The van der Waals surface area contributed by atoms with Crippen LogP contribution in [0.3, 0.4) is 0 Å². The fraction of sp³-hybridized carbons (Fsp3) is 0.375. The number of carbonyl (C=O) groups is 1. The highest BCUT2D eigenvalue weighted by Gasteiger charge is 2.05. The predicted octanol–water partition coefficient (Wildman–Crippen LogP) is 0.824. The van der Waals surface area contributed by atoms with Crippen molar-refractivity contribution in [2.45, 2.75) is 19.8 Å². The summed E-state index contributed by atoms with van der Waals surface area (Å²) >= 11 is 0. The Bertz CT molecular complexity index is 286. The molecule has 0 aliphatic rings. The van der Waals surface area contributed by atoms with Crippen molar-refractivity contribution in [1.29, 1.82) is 0 Å². The minimum Gasteiger partial charge on any atom is -0.383 e. The molecule has 0 unspecified atom stereocenters. The average Bonchev–Trinajstić information content (AvgIpc) is 2.05. The van der Waals surface area contributed by atoms with E-state index in [0.29, 0.717) is 11.8 Å². The van der Waals surface area contributed by atoms with Crippen LogP contribution in [0.2, 0.25) is 0 Å². The van der Waals surface area contributed by atoms with Gasteiger partial charge >= 0.3 is 0 Å². The Labute approximate surface area is 70.8 Å². The molecular weight excluding hydrogens is 154 g/mol. The lowest BCUT2D eigenvalue weighted by molar-refractivity contribution is 0.112. The maximum Gasteiger partial charge on any atom is 0.155 e. The summed E-state index contributed by atoms with van der Waals surface area (Å²) in [6.07, 6.45) is 3.80. The Morgan fingerprint density at radius 2 is 2.33 bits per heavy atom. The molecule has 12 heavy (non-hydrogen) atoms. The number of nitrogens with zero attached hydrogens (tertiary/aromatic N) is 2. The third-order valence-electron chi connectivity index (χ3n) is 1.60. The Balaban J connectivity index is 3.09. The quantitative estimate of drug-likeness (QED) is 0.673. The summed E-state index contributed by atoms with van der Waals surface area (Å²) < 4.78 is 0. The first kappa shape index (κ1) is 8.64. The van der Waals surface area contributed by atoms with Gasteiger partial charge in [0, 0.05) is 0 Å². The average molecular weight is 165 g/mol. The number of nitrogens with two attached hydrogens (primary N) is 1. The van der Waals surface area contributed by atoms with Gasteiger partial charge in [-0.15, -0.1) is 0 Å². The Morgan fingerprint density at radius 1 is 1.58 bits per heavy atom. The fourth-order valence-corrected chi connectivity index (χ4v) is 1.01. The molecule has 0 bridgehead atoms. The van der Waals surface area contributed by atoms with Crippen LogP contribution in [0.1, 0.15) is 29.4 Å². The van der Waals surface area contributed by atoms with Gasteiger partial charge in [-0.05, 0) is 6.42 Å². The van der Waals surface area contributed by atoms with Crippen LogP contribution >= 0.6 is 0 Å². The summed E-state index contributed by atoms with van der Waals surface area (Å²) in [6.45, 7) is 2.02. The van der Waals surface area contributed by atoms with Crippen LogP contribution in [-0.4, -0.2) is 16.3 Å². The Kier molecular flexibility index (Phi) is 2.74. The zero-order chi connectivity index (χ0) is 8.97. The van der Waals surface area contributed by atoms with Gasteiger partial charge in [0.2, 0.25) is 0 Å². The van der Waals surface area contributed by atoms with E-state index in [0.717, 1.165) is 18.5 Å². The van der Waals surface area contributed by atoms with Gasteiger partial charge in [0.05, 0.1) is 11.3 Å². The molecule has 1 aromatic rings. The number of rotatable bonds is 3. The molecular formula is C8H11N3O.